The van der Waals surface area contributed by atoms with E-state index in [1.165, 1.54) is 12.1 Å². The van der Waals surface area contributed by atoms with Crippen molar-refractivity contribution in [2.75, 3.05) is 13.6 Å². The number of hydrogen-bond acceptors (Lipinski definition) is 4. The first kappa shape index (κ1) is 15.9. The summed E-state index contributed by atoms with van der Waals surface area (Å²) in [4.78, 5) is 25.0. The smallest absolute Gasteiger partial charge is 0.284 e. The number of likely N-dealkylation sites (tertiary alicyclic amines) is 1. The van der Waals surface area contributed by atoms with E-state index >= 15 is 0 Å². The Morgan fingerprint density at radius 2 is 2.24 bits per heavy atom. The van der Waals surface area contributed by atoms with Gasteiger partial charge in [-0.25, -0.2) is 0 Å². The van der Waals surface area contributed by atoms with Crippen molar-refractivity contribution in [2.24, 2.45) is 0 Å². The van der Waals surface area contributed by atoms with Crippen LogP contribution in [0.5, 0.6) is 0 Å². The largest absolute Gasteiger partial charge is 0.349 e. The fraction of sp³-hybridized carbons (Fsp3) is 0.500. The minimum atomic E-state index is -0.501. The molecule has 21 heavy (non-hydrogen) atoms. The Labute approximate surface area is 131 Å². The number of halogens is 1. The number of nitro benzene ring substituents is 1. The lowest BCUT2D eigenvalue weighted by Crippen LogP contribution is -2.47. The zero-order chi connectivity index (χ0) is 15.6. The maximum absolute atomic E-state index is 12.3. The van der Waals surface area contributed by atoms with Crippen LogP contribution in [0.3, 0.4) is 0 Å². The second kappa shape index (κ2) is 6.53. The predicted molar refractivity (Wildman–Crippen MR) is 83.4 cm³/mol. The summed E-state index contributed by atoms with van der Waals surface area (Å²) in [6.45, 7) is 3.06. The molecule has 7 heteroatoms. The molecule has 0 aromatic heterocycles. The molecule has 1 aliphatic rings. The topological polar surface area (TPSA) is 75.5 Å². The monoisotopic (exact) mass is 355 g/mol. The zero-order valence-electron chi connectivity index (χ0n) is 12.0. The van der Waals surface area contributed by atoms with Gasteiger partial charge in [0.1, 0.15) is 4.47 Å². The number of piperidine rings is 1. The molecule has 1 saturated heterocycles. The van der Waals surface area contributed by atoms with Crippen molar-refractivity contribution in [3.05, 3.63) is 38.3 Å². The number of nitrogens with one attached hydrogen (secondary N) is 1. The number of nitrogens with zero attached hydrogens (tertiary/aromatic N) is 2. The molecule has 0 bridgehead atoms. The second-order valence-corrected chi connectivity index (χ2v) is 6.21. The van der Waals surface area contributed by atoms with Gasteiger partial charge in [-0.05, 0) is 48.8 Å². The Bertz CT molecular complexity index is 564. The summed E-state index contributed by atoms with van der Waals surface area (Å²) in [6.07, 6.45) is 1.77. The number of amides is 1. The van der Waals surface area contributed by atoms with Gasteiger partial charge in [0.25, 0.3) is 11.6 Å². The Morgan fingerprint density at radius 1 is 1.52 bits per heavy atom. The highest BCUT2D eigenvalue weighted by molar-refractivity contribution is 9.10. The molecule has 0 saturated carbocycles. The molecule has 1 amide bonds. The molecule has 114 valence electrons. The van der Waals surface area contributed by atoms with E-state index in [2.05, 4.69) is 40.1 Å². The number of hydrogen-bond donors (Lipinski definition) is 1. The van der Waals surface area contributed by atoms with Gasteiger partial charge in [0.15, 0.2) is 0 Å². The van der Waals surface area contributed by atoms with Crippen LogP contribution < -0.4 is 5.32 Å². The van der Waals surface area contributed by atoms with Gasteiger partial charge in [-0.1, -0.05) is 6.07 Å². The van der Waals surface area contributed by atoms with Crippen molar-refractivity contribution in [3.8, 4) is 0 Å². The van der Waals surface area contributed by atoms with Crippen molar-refractivity contribution in [1.82, 2.24) is 10.2 Å². The standard InChI is InChI=1S/C14H18BrN3O3/c1-9-8-10(6-7-17(9)2)16-14(19)11-4-3-5-12(13(11)15)18(20)21/h3-5,9-10H,6-8H2,1-2H3,(H,16,19). The Hall–Kier alpha value is -1.47. The normalized spacial score (nSPS) is 22.8. The quantitative estimate of drug-likeness (QED) is 0.667. The Balaban J connectivity index is 2.11. The minimum absolute atomic E-state index is 0.0978. The molecule has 1 heterocycles. The van der Waals surface area contributed by atoms with Gasteiger partial charge in [-0.15, -0.1) is 0 Å². The summed E-state index contributed by atoms with van der Waals surface area (Å²) in [6, 6.07) is 5.01. The van der Waals surface area contributed by atoms with Crippen LogP contribution >= 0.6 is 15.9 Å². The fourth-order valence-corrected chi connectivity index (χ4v) is 3.11. The van der Waals surface area contributed by atoms with Crippen molar-refractivity contribution < 1.29 is 9.72 Å². The summed E-state index contributed by atoms with van der Waals surface area (Å²) in [5.41, 5.74) is 0.204. The van der Waals surface area contributed by atoms with Crippen molar-refractivity contribution >= 4 is 27.5 Å². The van der Waals surface area contributed by atoms with E-state index in [0.717, 1.165) is 19.4 Å². The molecular formula is C14H18BrN3O3. The minimum Gasteiger partial charge on any atom is -0.349 e. The molecule has 0 radical (unpaired) electrons. The first-order chi connectivity index (χ1) is 9.90. The summed E-state index contributed by atoms with van der Waals surface area (Å²) >= 11 is 3.16. The van der Waals surface area contributed by atoms with Gasteiger partial charge in [0, 0.05) is 24.7 Å². The zero-order valence-corrected chi connectivity index (χ0v) is 13.6. The molecule has 2 unspecified atom stereocenters. The van der Waals surface area contributed by atoms with Gasteiger partial charge >= 0.3 is 0 Å². The van der Waals surface area contributed by atoms with Gasteiger partial charge < -0.3 is 10.2 Å². The van der Waals surface area contributed by atoms with Gasteiger partial charge in [-0.3, -0.25) is 14.9 Å². The second-order valence-electron chi connectivity index (χ2n) is 5.42. The van der Waals surface area contributed by atoms with Crippen LogP contribution in [-0.4, -0.2) is 41.4 Å². The number of benzene rings is 1. The lowest BCUT2D eigenvalue weighted by atomic mass is 9.98. The average molecular weight is 356 g/mol. The van der Waals surface area contributed by atoms with Crippen LogP contribution in [0.2, 0.25) is 0 Å². The van der Waals surface area contributed by atoms with E-state index in [9.17, 15) is 14.9 Å². The van der Waals surface area contributed by atoms with Crippen LogP contribution in [0.15, 0.2) is 22.7 Å². The van der Waals surface area contributed by atoms with Gasteiger partial charge in [-0.2, -0.15) is 0 Å². The highest BCUT2D eigenvalue weighted by Gasteiger charge is 2.26. The van der Waals surface area contributed by atoms with Crippen LogP contribution in [0.1, 0.15) is 30.1 Å². The molecule has 2 atom stereocenters. The third-order valence-electron chi connectivity index (χ3n) is 3.96. The van der Waals surface area contributed by atoms with Crippen LogP contribution in [0.4, 0.5) is 5.69 Å². The molecule has 1 aromatic rings. The molecule has 1 fully saturated rings. The van der Waals surface area contributed by atoms with E-state index in [1.54, 1.807) is 6.07 Å². The van der Waals surface area contributed by atoms with Crippen molar-refractivity contribution in [2.45, 2.75) is 31.8 Å². The first-order valence-corrected chi connectivity index (χ1v) is 7.63. The maximum atomic E-state index is 12.3. The molecule has 0 spiro atoms. The van der Waals surface area contributed by atoms with E-state index in [4.69, 9.17) is 0 Å². The van der Waals surface area contributed by atoms with Crippen LogP contribution in [0, 0.1) is 10.1 Å². The lowest BCUT2D eigenvalue weighted by molar-refractivity contribution is -0.385. The molecule has 0 aliphatic carbocycles. The number of carbonyl (C=O) groups is 1. The number of nitro groups is 1. The molecule has 2 rings (SSSR count). The first-order valence-electron chi connectivity index (χ1n) is 6.84. The maximum Gasteiger partial charge on any atom is 0.284 e. The van der Waals surface area contributed by atoms with Gasteiger partial charge in [0.05, 0.1) is 10.5 Å². The summed E-state index contributed by atoms with van der Waals surface area (Å²) in [5, 5.41) is 13.9. The highest BCUT2D eigenvalue weighted by Crippen LogP contribution is 2.28. The summed E-state index contributed by atoms with van der Waals surface area (Å²) < 4.78 is 0.230. The third kappa shape index (κ3) is 3.59. The van der Waals surface area contributed by atoms with Crippen molar-refractivity contribution in [1.29, 1.82) is 0 Å². The molecule has 1 N–H and O–H groups in total. The van der Waals surface area contributed by atoms with E-state index in [0.29, 0.717) is 11.6 Å². The van der Waals surface area contributed by atoms with Gasteiger partial charge in [0.2, 0.25) is 0 Å². The molecular weight excluding hydrogens is 338 g/mol. The Morgan fingerprint density at radius 3 is 2.86 bits per heavy atom. The molecule has 6 nitrogen and oxygen atoms in total. The summed E-state index contributed by atoms with van der Waals surface area (Å²) in [7, 11) is 2.07. The fourth-order valence-electron chi connectivity index (χ4n) is 2.52. The SMILES string of the molecule is CC1CC(NC(=O)c2cccc([N+](=O)[O-])c2Br)CCN1C. The van der Waals surface area contributed by atoms with E-state index in [1.807, 2.05) is 0 Å². The average Bonchev–Trinajstić information content (AvgIpc) is 2.42. The summed E-state index contributed by atoms with van der Waals surface area (Å²) in [5.74, 6) is -0.271. The van der Waals surface area contributed by atoms with Crippen LogP contribution in [-0.2, 0) is 0 Å². The van der Waals surface area contributed by atoms with E-state index < -0.39 is 4.92 Å². The predicted octanol–water partition coefficient (Wildman–Crippen LogP) is 2.57. The van der Waals surface area contributed by atoms with E-state index in [-0.39, 0.29) is 22.1 Å². The highest BCUT2D eigenvalue weighted by atomic mass is 79.9. The lowest BCUT2D eigenvalue weighted by Gasteiger charge is -2.35. The third-order valence-corrected chi connectivity index (χ3v) is 4.80. The van der Waals surface area contributed by atoms with Crippen LogP contribution in [0.25, 0.3) is 0 Å². The molecule has 1 aliphatic heterocycles. The number of rotatable bonds is 3. The number of carbonyl (C=O) groups excluding carboxylic acids is 1. The Kier molecular flexibility index (Phi) is 4.95. The van der Waals surface area contributed by atoms with Crippen molar-refractivity contribution in [3.63, 3.8) is 0 Å². The molecule has 1 aromatic carbocycles.